The van der Waals surface area contributed by atoms with Gasteiger partial charge in [-0.25, -0.2) is 8.42 Å². The molecular formula is C11H16N2O2S2. The van der Waals surface area contributed by atoms with Gasteiger partial charge in [-0.1, -0.05) is 18.2 Å². The van der Waals surface area contributed by atoms with Gasteiger partial charge < -0.3 is 5.73 Å². The van der Waals surface area contributed by atoms with Crippen LogP contribution in [0.4, 0.5) is 5.69 Å². The second-order valence-corrected chi connectivity index (χ2v) is 7.16. The van der Waals surface area contributed by atoms with Gasteiger partial charge in [-0.05, 0) is 11.6 Å². The topological polar surface area (TPSA) is 63.4 Å². The molecule has 1 aliphatic rings. The van der Waals surface area contributed by atoms with Crippen LogP contribution in [0, 0.1) is 0 Å². The molecule has 2 N–H and O–H groups in total. The molecule has 17 heavy (non-hydrogen) atoms. The molecule has 1 aromatic rings. The van der Waals surface area contributed by atoms with Crippen LogP contribution in [0.25, 0.3) is 0 Å². The summed E-state index contributed by atoms with van der Waals surface area (Å²) in [4.78, 5) is 0. The van der Waals surface area contributed by atoms with E-state index in [1.54, 1.807) is 28.2 Å². The summed E-state index contributed by atoms with van der Waals surface area (Å²) in [6.07, 6.45) is 0. The number of sulfonamides is 1. The molecule has 0 amide bonds. The lowest BCUT2D eigenvalue weighted by Gasteiger charge is -2.25. The first-order valence-electron chi connectivity index (χ1n) is 5.48. The van der Waals surface area contributed by atoms with Gasteiger partial charge in [-0.15, -0.1) is 0 Å². The van der Waals surface area contributed by atoms with E-state index in [0.717, 1.165) is 11.5 Å². The second kappa shape index (κ2) is 5.29. The Labute approximate surface area is 106 Å². The van der Waals surface area contributed by atoms with Gasteiger partial charge in [0.05, 0.1) is 5.75 Å². The standard InChI is InChI=1S/C11H16N2O2S2/c12-11-4-2-1-3-10(11)9-17(14,15)13-5-7-16-8-6-13/h1-4H,5-9,12H2. The number of rotatable bonds is 3. The largest absolute Gasteiger partial charge is 0.398 e. The fourth-order valence-electron chi connectivity index (χ4n) is 1.78. The Kier molecular flexibility index (Phi) is 3.96. The monoisotopic (exact) mass is 272 g/mol. The number of nitrogens with two attached hydrogens (primary N) is 1. The first-order chi connectivity index (χ1) is 8.09. The molecule has 0 aromatic heterocycles. The zero-order chi connectivity index (χ0) is 12.3. The van der Waals surface area contributed by atoms with Crippen molar-refractivity contribution < 1.29 is 8.42 Å². The summed E-state index contributed by atoms with van der Waals surface area (Å²) in [5.74, 6) is 1.76. The molecule has 6 heteroatoms. The van der Waals surface area contributed by atoms with Crippen molar-refractivity contribution >= 4 is 27.5 Å². The molecule has 0 radical (unpaired) electrons. The molecular weight excluding hydrogens is 256 g/mol. The molecule has 1 aromatic carbocycles. The molecule has 0 bridgehead atoms. The van der Waals surface area contributed by atoms with Gasteiger partial charge in [-0.3, -0.25) is 0 Å². The molecule has 0 atom stereocenters. The van der Waals surface area contributed by atoms with Gasteiger partial charge in [0.1, 0.15) is 0 Å². The minimum atomic E-state index is -3.22. The smallest absolute Gasteiger partial charge is 0.218 e. The summed E-state index contributed by atoms with van der Waals surface area (Å²) in [7, 11) is -3.22. The van der Waals surface area contributed by atoms with Crippen LogP contribution in [0.3, 0.4) is 0 Å². The summed E-state index contributed by atoms with van der Waals surface area (Å²) in [6, 6.07) is 7.12. The normalized spacial score (nSPS) is 18.1. The van der Waals surface area contributed by atoms with Gasteiger partial charge in [0.25, 0.3) is 0 Å². The predicted molar refractivity (Wildman–Crippen MR) is 72.4 cm³/mol. The highest BCUT2D eigenvalue weighted by Gasteiger charge is 2.24. The number of thioether (sulfide) groups is 1. The van der Waals surface area contributed by atoms with E-state index in [0.29, 0.717) is 24.3 Å². The average molecular weight is 272 g/mol. The summed E-state index contributed by atoms with van der Waals surface area (Å²) in [5, 5.41) is 0. The Hall–Kier alpha value is -0.720. The first-order valence-corrected chi connectivity index (χ1v) is 8.25. The van der Waals surface area contributed by atoms with E-state index in [2.05, 4.69) is 0 Å². The quantitative estimate of drug-likeness (QED) is 0.838. The van der Waals surface area contributed by atoms with E-state index in [-0.39, 0.29) is 5.75 Å². The van der Waals surface area contributed by atoms with Gasteiger partial charge in [0, 0.05) is 30.3 Å². The number of hydrogen-bond acceptors (Lipinski definition) is 4. The molecule has 1 saturated heterocycles. The van der Waals surface area contributed by atoms with E-state index in [1.807, 2.05) is 12.1 Å². The van der Waals surface area contributed by atoms with Crippen LogP contribution in [0.5, 0.6) is 0 Å². The highest BCUT2D eigenvalue weighted by molar-refractivity contribution is 7.99. The number of nitrogen functional groups attached to an aromatic ring is 1. The Morgan fingerprint density at radius 2 is 1.88 bits per heavy atom. The van der Waals surface area contributed by atoms with Crippen LogP contribution in [-0.2, 0) is 15.8 Å². The second-order valence-electron chi connectivity index (χ2n) is 3.97. The summed E-state index contributed by atoms with van der Waals surface area (Å²) in [5.41, 5.74) is 7.00. The molecule has 1 fully saturated rings. The van der Waals surface area contributed by atoms with E-state index >= 15 is 0 Å². The van der Waals surface area contributed by atoms with Crippen molar-refractivity contribution in [1.29, 1.82) is 0 Å². The van der Waals surface area contributed by atoms with E-state index in [1.165, 1.54) is 0 Å². The van der Waals surface area contributed by atoms with E-state index in [9.17, 15) is 8.42 Å². The van der Waals surface area contributed by atoms with E-state index < -0.39 is 10.0 Å². The zero-order valence-corrected chi connectivity index (χ0v) is 11.1. The molecule has 2 rings (SSSR count). The maximum atomic E-state index is 12.2. The zero-order valence-electron chi connectivity index (χ0n) is 9.50. The number of benzene rings is 1. The maximum Gasteiger partial charge on any atom is 0.218 e. The number of para-hydroxylation sites is 1. The van der Waals surface area contributed by atoms with Crippen molar-refractivity contribution in [3.63, 3.8) is 0 Å². The molecule has 0 unspecified atom stereocenters. The molecule has 0 saturated carbocycles. The lowest BCUT2D eigenvalue weighted by Crippen LogP contribution is -2.38. The van der Waals surface area contributed by atoms with Crippen molar-refractivity contribution in [2.75, 3.05) is 30.3 Å². The predicted octanol–water partition coefficient (Wildman–Crippen LogP) is 1.15. The molecule has 94 valence electrons. The fraction of sp³-hybridized carbons (Fsp3) is 0.455. The number of nitrogens with zero attached hydrogens (tertiary/aromatic N) is 1. The molecule has 4 nitrogen and oxygen atoms in total. The minimum Gasteiger partial charge on any atom is -0.398 e. The number of anilines is 1. The molecule has 1 heterocycles. The Bertz CT molecular complexity index is 482. The van der Waals surface area contributed by atoms with Crippen LogP contribution >= 0.6 is 11.8 Å². The van der Waals surface area contributed by atoms with Crippen LogP contribution in [0.15, 0.2) is 24.3 Å². The highest BCUT2D eigenvalue weighted by Crippen LogP contribution is 2.19. The number of hydrogen-bond donors (Lipinski definition) is 1. The van der Waals surface area contributed by atoms with Crippen LogP contribution in [0.1, 0.15) is 5.56 Å². The van der Waals surface area contributed by atoms with Gasteiger partial charge >= 0.3 is 0 Å². The SMILES string of the molecule is Nc1ccccc1CS(=O)(=O)N1CCSCC1. The van der Waals surface area contributed by atoms with Crippen LogP contribution in [0.2, 0.25) is 0 Å². The third kappa shape index (κ3) is 3.14. The highest BCUT2D eigenvalue weighted by atomic mass is 32.2. The Morgan fingerprint density at radius 3 is 2.53 bits per heavy atom. The van der Waals surface area contributed by atoms with Gasteiger partial charge in [0.15, 0.2) is 0 Å². The summed E-state index contributed by atoms with van der Waals surface area (Å²) >= 11 is 1.79. The summed E-state index contributed by atoms with van der Waals surface area (Å²) in [6.45, 7) is 1.22. The van der Waals surface area contributed by atoms with Crippen molar-refractivity contribution in [2.24, 2.45) is 0 Å². The van der Waals surface area contributed by atoms with Crippen LogP contribution in [-0.4, -0.2) is 37.3 Å². The van der Waals surface area contributed by atoms with Crippen LogP contribution < -0.4 is 5.73 Å². The third-order valence-corrected chi connectivity index (χ3v) is 5.53. The first kappa shape index (κ1) is 12.7. The minimum absolute atomic E-state index is 0.00431. The molecule has 1 aliphatic heterocycles. The lowest BCUT2D eigenvalue weighted by molar-refractivity contribution is 0.443. The van der Waals surface area contributed by atoms with Gasteiger partial charge in [-0.2, -0.15) is 16.1 Å². The van der Waals surface area contributed by atoms with E-state index in [4.69, 9.17) is 5.73 Å². The maximum absolute atomic E-state index is 12.2. The van der Waals surface area contributed by atoms with Crippen molar-refractivity contribution in [2.45, 2.75) is 5.75 Å². The van der Waals surface area contributed by atoms with Gasteiger partial charge in [0.2, 0.25) is 10.0 Å². The average Bonchev–Trinajstić information content (AvgIpc) is 2.33. The fourth-order valence-corrected chi connectivity index (χ4v) is 4.49. The summed E-state index contributed by atoms with van der Waals surface area (Å²) < 4.78 is 25.9. The Balaban J connectivity index is 2.14. The molecule has 0 spiro atoms. The van der Waals surface area contributed by atoms with Crippen molar-refractivity contribution in [3.8, 4) is 0 Å². The van der Waals surface area contributed by atoms with Crippen molar-refractivity contribution in [1.82, 2.24) is 4.31 Å². The third-order valence-electron chi connectivity index (χ3n) is 2.76. The lowest BCUT2D eigenvalue weighted by atomic mass is 10.2. The van der Waals surface area contributed by atoms with Crippen molar-refractivity contribution in [3.05, 3.63) is 29.8 Å². The Morgan fingerprint density at radius 1 is 1.24 bits per heavy atom. The molecule has 0 aliphatic carbocycles.